The van der Waals surface area contributed by atoms with Gasteiger partial charge in [-0.1, -0.05) is 29.3 Å². The summed E-state index contributed by atoms with van der Waals surface area (Å²) in [5.41, 5.74) is 6.48. The van der Waals surface area contributed by atoms with E-state index in [1.807, 2.05) is 0 Å². The van der Waals surface area contributed by atoms with Gasteiger partial charge in [0.05, 0.1) is 6.04 Å². The van der Waals surface area contributed by atoms with Crippen molar-refractivity contribution in [2.75, 3.05) is 7.05 Å². The number of hydrogen-bond acceptors (Lipinski definition) is 2. The van der Waals surface area contributed by atoms with Gasteiger partial charge in [-0.3, -0.25) is 4.79 Å². The van der Waals surface area contributed by atoms with E-state index in [0.717, 1.165) is 5.56 Å². The number of carbonyl (C=O) groups is 1. The van der Waals surface area contributed by atoms with Crippen molar-refractivity contribution in [3.8, 4) is 0 Å². The molecule has 3 nitrogen and oxygen atoms in total. The first-order valence-electron chi connectivity index (χ1n) is 4.45. The summed E-state index contributed by atoms with van der Waals surface area (Å²) < 4.78 is 0. The summed E-state index contributed by atoms with van der Waals surface area (Å²) in [6, 6.07) is 4.54. The molecule has 0 aliphatic carbocycles. The number of carbonyl (C=O) groups excluding carboxylic acids is 1. The van der Waals surface area contributed by atoms with Gasteiger partial charge in [-0.25, -0.2) is 0 Å². The summed E-state index contributed by atoms with van der Waals surface area (Å²) in [7, 11) is 1.55. The molecular weight excluding hydrogens is 270 g/mol. The van der Waals surface area contributed by atoms with Gasteiger partial charge in [0.15, 0.2) is 0 Å². The van der Waals surface area contributed by atoms with Crippen LogP contribution in [0.15, 0.2) is 18.2 Å². The highest BCUT2D eigenvalue weighted by molar-refractivity contribution is 6.35. The Morgan fingerprint density at radius 1 is 1.50 bits per heavy atom. The second-order valence-electron chi connectivity index (χ2n) is 3.16. The van der Waals surface area contributed by atoms with E-state index in [9.17, 15) is 4.79 Å². The van der Waals surface area contributed by atoms with Gasteiger partial charge >= 0.3 is 0 Å². The van der Waals surface area contributed by atoms with E-state index in [1.165, 1.54) is 0 Å². The second-order valence-corrected chi connectivity index (χ2v) is 4.00. The minimum absolute atomic E-state index is 0. The molecule has 90 valence electrons. The van der Waals surface area contributed by atoms with Crippen molar-refractivity contribution >= 4 is 41.5 Å². The first kappa shape index (κ1) is 15.5. The van der Waals surface area contributed by atoms with Gasteiger partial charge < -0.3 is 11.1 Å². The quantitative estimate of drug-likeness (QED) is 0.892. The lowest BCUT2D eigenvalue weighted by Gasteiger charge is -2.11. The van der Waals surface area contributed by atoms with Crippen LogP contribution < -0.4 is 11.1 Å². The van der Waals surface area contributed by atoms with E-state index in [-0.39, 0.29) is 18.3 Å². The number of benzene rings is 1. The standard InChI is InChI=1S/C10H12Cl2N2O.ClH/c1-14-10(15)9(13)4-6-2-3-7(11)5-8(6)12;/h2-3,5,9H,4,13H2,1H3,(H,14,15);1H/t9-;/m1./s1. The molecule has 1 rings (SSSR count). The molecule has 3 N–H and O–H groups in total. The third kappa shape index (κ3) is 4.18. The smallest absolute Gasteiger partial charge is 0.237 e. The highest BCUT2D eigenvalue weighted by Crippen LogP contribution is 2.21. The van der Waals surface area contributed by atoms with Crippen molar-refractivity contribution in [3.63, 3.8) is 0 Å². The van der Waals surface area contributed by atoms with Crippen LogP contribution >= 0.6 is 35.6 Å². The minimum atomic E-state index is -0.589. The second kappa shape index (κ2) is 6.97. The van der Waals surface area contributed by atoms with Crippen molar-refractivity contribution in [2.45, 2.75) is 12.5 Å². The highest BCUT2D eigenvalue weighted by Gasteiger charge is 2.13. The lowest BCUT2D eigenvalue weighted by atomic mass is 10.1. The number of amides is 1. The maximum Gasteiger partial charge on any atom is 0.237 e. The van der Waals surface area contributed by atoms with E-state index in [2.05, 4.69) is 5.32 Å². The Morgan fingerprint density at radius 2 is 2.12 bits per heavy atom. The fourth-order valence-electron chi connectivity index (χ4n) is 1.20. The molecule has 0 unspecified atom stereocenters. The maximum atomic E-state index is 11.2. The zero-order valence-electron chi connectivity index (χ0n) is 8.67. The van der Waals surface area contributed by atoms with Crippen molar-refractivity contribution in [3.05, 3.63) is 33.8 Å². The number of rotatable bonds is 3. The Bertz CT molecular complexity index is 371. The first-order valence-corrected chi connectivity index (χ1v) is 5.21. The van der Waals surface area contributed by atoms with Crippen molar-refractivity contribution in [1.29, 1.82) is 0 Å². The summed E-state index contributed by atoms with van der Waals surface area (Å²) in [5, 5.41) is 3.58. The van der Waals surface area contributed by atoms with Crippen LogP contribution in [0.1, 0.15) is 5.56 Å². The van der Waals surface area contributed by atoms with Gasteiger partial charge in [-0.05, 0) is 24.1 Å². The summed E-state index contributed by atoms with van der Waals surface area (Å²) in [5.74, 6) is -0.207. The lowest BCUT2D eigenvalue weighted by Crippen LogP contribution is -2.40. The van der Waals surface area contributed by atoms with Crippen LogP contribution in [-0.4, -0.2) is 19.0 Å². The predicted octanol–water partition coefficient (Wildman–Crippen LogP) is 2.03. The Balaban J connectivity index is 0.00000225. The fourth-order valence-corrected chi connectivity index (χ4v) is 1.69. The fraction of sp³-hybridized carbons (Fsp3) is 0.300. The average Bonchev–Trinajstić information content (AvgIpc) is 2.20. The molecule has 1 amide bonds. The highest BCUT2D eigenvalue weighted by atomic mass is 35.5. The average molecular weight is 284 g/mol. The topological polar surface area (TPSA) is 55.1 Å². The number of nitrogens with two attached hydrogens (primary N) is 1. The van der Waals surface area contributed by atoms with E-state index in [0.29, 0.717) is 16.5 Å². The van der Waals surface area contributed by atoms with Crippen molar-refractivity contribution < 1.29 is 4.79 Å². The zero-order chi connectivity index (χ0) is 11.4. The van der Waals surface area contributed by atoms with Gasteiger partial charge in [-0.15, -0.1) is 12.4 Å². The SMILES string of the molecule is CNC(=O)[C@H](N)Cc1ccc(Cl)cc1Cl.Cl. The molecule has 0 heterocycles. The molecule has 0 saturated heterocycles. The molecule has 0 aromatic heterocycles. The van der Waals surface area contributed by atoms with Gasteiger partial charge in [0.2, 0.25) is 5.91 Å². The van der Waals surface area contributed by atoms with Crippen molar-refractivity contribution in [1.82, 2.24) is 5.32 Å². The number of likely N-dealkylation sites (N-methyl/N-ethyl adjacent to an activating group) is 1. The van der Waals surface area contributed by atoms with E-state index >= 15 is 0 Å². The Kier molecular flexibility index (Phi) is 6.76. The van der Waals surface area contributed by atoms with Crippen LogP contribution in [0, 0.1) is 0 Å². The molecule has 0 fully saturated rings. The zero-order valence-corrected chi connectivity index (χ0v) is 11.0. The minimum Gasteiger partial charge on any atom is -0.358 e. The van der Waals surface area contributed by atoms with Crippen LogP contribution in [0.4, 0.5) is 0 Å². The Morgan fingerprint density at radius 3 is 2.62 bits per heavy atom. The third-order valence-corrected chi connectivity index (χ3v) is 2.63. The molecule has 6 heteroatoms. The third-order valence-electron chi connectivity index (χ3n) is 2.04. The predicted molar refractivity (Wildman–Crippen MR) is 69.5 cm³/mol. The molecule has 0 aliphatic heterocycles. The molecule has 1 aromatic rings. The van der Waals surface area contributed by atoms with Crippen LogP contribution in [0.5, 0.6) is 0 Å². The van der Waals surface area contributed by atoms with Gasteiger partial charge in [0.1, 0.15) is 0 Å². The van der Waals surface area contributed by atoms with E-state index < -0.39 is 6.04 Å². The van der Waals surface area contributed by atoms with Crippen LogP contribution in [-0.2, 0) is 11.2 Å². The number of halogens is 3. The summed E-state index contributed by atoms with van der Waals surface area (Å²) in [4.78, 5) is 11.2. The monoisotopic (exact) mass is 282 g/mol. The summed E-state index contributed by atoms with van der Waals surface area (Å²) in [6.45, 7) is 0. The number of hydrogen-bond donors (Lipinski definition) is 2. The molecular formula is C10H13Cl3N2O. The van der Waals surface area contributed by atoms with E-state index in [4.69, 9.17) is 28.9 Å². The molecule has 1 atom stereocenters. The normalized spacial score (nSPS) is 11.5. The summed E-state index contributed by atoms with van der Waals surface area (Å²) >= 11 is 11.7. The molecule has 0 radical (unpaired) electrons. The number of nitrogens with one attached hydrogen (secondary N) is 1. The lowest BCUT2D eigenvalue weighted by molar-refractivity contribution is -0.121. The molecule has 1 aromatic carbocycles. The molecule has 0 bridgehead atoms. The largest absolute Gasteiger partial charge is 0.358 e. The van der Waals surface area contributed by atoms with Crippen LogP contribution in [0.3, 0.4) is 0 Å². The van der Waals surface area contributed by atoms with Crippen LogP contribution in [0.25, 0.3) is 0 Å². The maximum absolute atomic E-state index is 11.2. The van der Waals surface area contributed by atoms with Crippen LogP contribution in [0.2, 0.25) is 10.0 Å². The first-order chi connectivity index (χ1) is 7.04. The van der Waals surface area contributed by atoms with Gasteiger partial charge in [0.25, 0.3) is 0 Å². The van der Waals surface area contributed by atoms with Gasteiger partial charge in [-0.2, -0.15) is 0 Å². The molecule has 0 spiro atoms. The molecule has 0 aliphatic rings. The Labute approximate surface area is 111 Å². The molecule has 0 saturated carbocycles. The van der Waals surface area contributed by atoms with Gasteiger partial charge in [0, 0.05) is 17.1 Å². The summed E-state index contributed by atoms with van der Waals surface area (Å²) in [6.07, 6.45) is 0.398. The molecule has 16 heavy (non-hydrogen) atoms. The van der Waals surface area contributed by atoms with E-state index in [1.54, 1.807) is 25.2 Å². The van der Waals surface area contributed by atoms with Crippen molar-refractivity contribution in [2.24, 2.45) is 5.73 Å². The Hall–Kier alpha value is -0.480.